The zero-order valence-corrected chi connectivity index (χ0v) is 10.7. The van der Waals surface area contributed by atoms with Crippen LogP contribution in [-0.4, -0.2) is 27.5 Å². The highest BCUT2D eigenvalue weighted by Gasteiger charge is 2.25. The van der Waals surface area contributed by atoms with Crippen molar-refractivity contribution >= 4 is 21.7 Å². The summed E-state index contributed by atoms with van der Waals surface area (Å²) >= 11 is 0. The lowest BCUT2D eigenvalue weighted by atomic mass is 10.2. The molecule has 0 atom stereocenters. The Morgan fingerprint density at radius 1 is 1.44 bits per heavy atom. The maximum absolute atomic E-state index is 11.4. The Balaban J connectivity index is 2.44. The summed E-state index contributed by atoms with van der Waals surface area (Å²) < 4.78 is 27.4. The van der Waals surface area contributed by atoms with E-state index in [0.717, 1.165) is 12.8 Å². The van der Waals surface area contributed by atoms with E-state index < -0.39 is 16.0 Å². The predicted octanol–water partition coefficient (Wildman–Crippen LogP) is 0.695. The van der Waals surface area contributed by atoms with E-state index in [0.29, 0.717) is 5.69 Å². The third-order valence-corrected chi connectivity index (χ3v) is 3.61. The Bertz CT molecular complexity index is 579. The number of carbonyl (C=O) groups excluding carboxylic acids is 1. The minimum Gasteiger partial charge on any atom is -0.465 e. The molecule has 1 fully saturated rings. The Labute approximate surface area is 105 Å². The third kappa shape index (κ3) is 2.80. The highest BCUT2D eigenvalue weighted by Crippen LogP contribution is 2.29. The van der Waals surface area contributed by atoms with Gasteiger partial charge in [-0.2, -0.15) is 0 Å². The van der Waals surface area contributed by atoms with Gasteiger partial charge < -0.3 is 10.1 Å². The molecule has 0 aliphatic heterocycles. The van der Waals surface area contributed by atoms with Crippen LogP contribution in [0.15, 0.2) is 23.1 Å². The van der Waals surface area contributed by atoms with Crippen molar-refractivity contribution in [2.24, 2.45) is 5.14 Å². The molecular formula is C11H14N2O4S. The van der Waals surface area contributed by atoms with Gasteiger partial charge in [-0.3, -0.25) is 0 Å². The number of carbonyl (C=O) groups is 1. The van der Waals surface area contributed by atoms with Crippen molar-refractivity contribution in [2.75, 3.05) is 12.4 Å². The first-order valence-corrected chi connectivity index (χ1v) is 6.98. The topological polar surface area (TPSA) is 98.5 Å². The molecule has 98 valence electrons. The largest absolute Gasteiger partial charge is 0.465 e. The summed E-state index contributed by atoms with van der Waals surface area (Å²) in [7, 11) is -2.55. The van der Waals surface area contributed by atoms with Gasteiger partial charge in [0.25, 0.3) is 0 Å². The summed E-state index contributed by atoms with van der Waals surface area (Å²) in [5.41, 5.74) is 0.635. The maximum Gasteiger partial charge on any atom is 0.337 e. The van der Waals surface area contributed by atoms with Crippen molar-refractivity contribution in [3.63, 3.8) is 0 Å². The molecule has 0 spiro atoms. The fraction of sp³-hybridized carbons (Fsp3) is 0.364. The molecule has 1 aromatic carbocycles. The van der Waals surface area contributed by atoms with Crippen LogP contribution in [0, 0.1) is 0 Å². The zero-order valence-electron chi connectivity index (χ0n) is 9.84. The van der Waals surface area contributed by atoms with E-state index in [4.69, 9.17) is 5.14 Å². The summed E-state index contributed by atoms with van der Waals surface area (Å²) in [5.74, 6) is -0.519. The van der Waals surface area contributed by atoms with Crippen molar-refractivity contribution in [3.8, 4) is 0 Å². The predicted molar refractivity (Wildman–Crippen MR) is 65.8 cm³/mol. The van der Waals surface area contributed by atoms with E-state index in [9.17, 15) is 13.2 Å². The van der Waals surface area contributed by atoms with Crippen LogP contribution in [0.5, 0.6) is 0 Å². The van der Waals surface area contributed by atoms with E-state index in [1.54, 1.807) is 0 Å². The van der Waals surface area contributed by atoms with Gasteiger partial charge in [0.2, 0.25) is 10.0 Å². The molecule has 0 bridgehead atoms. The van der Waals surface area contributed by atoms with Crippen LogP contribution in [0.2, 0.25) is 0 Å². The molecule has 0 aromatic heterocycles. The number of esters is 1. The molecule has 2 rings (SSSR count). The number of rotatable bonds is 4. The van der Waals surface area contributed by atoms with Crippen molar-refractivity contribution in [3.05, 3.63) is 23.8 Å². The number of anilines is 1. The number of methoxy groups -OCH3 is 1. The Hall–Kier alpha value is -1.60. The number of hydrogen-bond acceptors (Lipinski definition) is 5. The molecule has 1 aliphatic rings. The summed E-state index contributed by atoms with van der Waals surface area (Å²) in [4.78, 5) is 11.4. The quantitative estimate of drug-likeness (QED) is 0.784. The third-order valence-electron chi connectivity index (χ3n) is 2.64. The zero-order chi connectivity index (χ0) is 13.3. The molecule has 0 unspecified atom stereocenters. The van der Waals surface area contributed by atoms with Crippen molar-refractivity contribution in [1.29, 1.82) is 0 Å². The van der Waals surface area contributed by atoms with Gasteiger partial charge in [0, 0.05) is 6.04 Å². The van der Waals surface area contributed by atoms with Crippen LogP contribution in [-0.2, 0) is 14.8 Å². The Kier molecular flexibility index (Phi) is 3.27. The average molecular weight is 270 g/mol. The van der Waals surface area contributed by atoms with E-state index in [2.05, 4.69) is 10.1 Å². The molecule has 0 saturated heterocycles. The second-order valence-corrected chi connectivity index (χ2v) is 5.70. The molecule has 7 heteroatoms. The van der Waals surface area contributed by atoms with E-state index in [-0.39, 0.29) is 16.5 Å². The van der Waals surface area contributed by atoms with Crippen LogP contribution in [0.4, 0.5) is 5.69 Å². The molecule has 0 heterocycles. The SMILES string of the molecule is COC(=O)c1ccc(S(N)(=O)=O)c(NC2CC2)c1. The molecule has 18 heavy (non-hydrogen) atoms. The van der Waals surface area contributed by atoms with Gasteiger partial charge in [0.15, 0.2) is 0 Å². The summed E-state index contributed by atoms with van der Waals surface area (Å²) in [6.07, 6.45) is 1.96. The minimum atomic E-state index is -3.82. The highest BCUT2D eigenvalue weighted by atomic mass is 32.2. The number of nitrogens with two attached hydrogens (primary N) is 1. The van der Waals surface area contributed by atoms with Gasteiger partial charge in [-0.15, -0.1) is 0 Å². The first-order chi connectivity index (χ1) is 8.41. The van der Waals surface area contributed by atoms with Gasteiger partial charge >= 0.3 is 5.97 Å². The number of sulfonamides is 1. The van der Waals surface area contributed by atoms with E-state index in [1.165, 1.54) is 25.3 Å². The number of nitrogens with one attached hydrogen (secondary N) is 1. The van der Waals surface area contributed by atoms with Gasteiger partial charge in [0.1, 0.15) is 4.90 Å². The standard InChI is InChI=1S/C11H14N2O4S/c1-17-11(14)7-2-5-10(18(12,15)16)9(6-7)13-8-3-4-8/h2,5-6,8,13H,3-4H2,1H3,(H2,12,15,16). The van der Waals surface area contributed by atoms with Gasteiger partial charge in [0.05, 0.1) is 18.4 Å². The first kappa shape index (κ1) is 12.8. The number of primary sulfonamides is 1. The fourth-order valence-corrected chi connectivity index (χ4v) is 2.27. The van der Waals surface area contributed by atoms with Gasteiger partial charge in [-0.1, -0.05) is 0 Å². The number of hydrogen-bond donors (Lipinski definition) is 2. The Morgan fingerprint density at radius 2 is 2.11 bits per heavy atom. The molecule has 0 radical (unpaired) electrons. The fourth-order valence-electron chi connectivity index (χ4n) is 1.58. The smallest absolute Gasteiger partial charge is 0.337 e. The van der Waals surface area contributed by atoms with Crippen LogP contribution in [0.3, 0.4) is 0 Å². The lowest BCUT2D eigenvalue weighted by Gasteiger charge is -2.11. The van der Waals surface area contributed by atoms with Crippen molar-refractivity contribution in [2.45, 2.75) is 23.8 Å². The van der Waals surface area contributed by atoms with E-state index in [1.807, 2.05) is 0 Å². The summed E-state index contributed by atoms with van der Waals surface area (Å²) in [6.45, 7) is 0. The van der Waals surface area contributed by atoms with Crippen molar-refractivity contribution in [1.82, 2.24) is 0 Å². The number of benzene rings is 1. The minimum absolute atomic E-state index is 0.0120. The molecular weight excluding hydrogens is 256 g/mol. The summed E-state index contributed by atoms with van der Waals surface area (Å²) in [5, 5.41) is 8.17. The van der Waals surface area contributed by atoms with Crippen LogP contribution < -0.4 is 10.5 Å². The monoisotopic (exact) mass is 270 g/mol. The van der Waals surface area contributed by atoms with E-state index >= 15 is 0 Å². The molecule has 1 saturated carbocycles. The lowest BCUT2D eigenvalue weighted by molar-refractivity contribution is 0.0600. The molecule has 1 aliphatic carbocycles. The van der Waals surface area contributed by atoms with Crippen LogP contribution >= 0.6 is 0 Å². The van der Waals surface area contributed by atoms with Crippen LogP contribution in [0.25, 0.3) is 0 Å². The van der Waals surface area contributed by atoms with Crippen LogP contribution in [0.1, 0.15) is 23.2 Å². The average Bonchev–Trinajstić information content (AvgIpc) is 3.10. The molecule has 1 aromatic rings. The first-order valence-electron chi connectivity index (χ1n) is 5.43. The highest BCUT2D eigenvalue weighted by molar-refractivity contribution is 7.89. The molecule has 6 nitrogen and oxygen atoms in total. The Morgan fingerprint density at radius 3 is 2.61 bits per heavy atom. The lowest BCUT2D eigenvalue weighted by Crippen LogP contribution is -2.16. The second kappa shape index (κ2) is 4.58. The van der Waals surface area contributed by atoms with Gasteiger partial charge in [-0.05, 0) is 31.0 Å². The molecule has 0 amide bonds. The van der Waals surface area contributed by atoms with Crippen molar-refractivity contribution < 1.29 is 17.9 Å². The normalized spacial score (nSPS) is 15.2. The van der Waals surface area contributed by atoms with Gasteiger partial charge in [-0.25, -0.2) is 18.4 Å². The summed E-state index contributed by atoms with van der Waals surface area (Å²) in [6, 6.07) is 4.39. The molecule has 3 N–H and O–H groups in total. The maximum atomic E-state index is 11.4. The number of ether oxygens (including phenoxy) is 1. The second-order valence-electron chi connectivity index (χ2n) is 4.17.